The van der Waals surface area contributed by atoms with E-state index in [1.54, 1.807) is 18.2 Å². The Morgan fingerprint density at radius 3 is 2.57 bits per heavy atom. The number of nitrogens with zero attached hydrogens (tertiary/aromatic N) is 4. The standard InChI is InChI=1S/C28H29N5O2/c1-17-10-20(18(2)30-21-7-4-3-6-19(21)26(34)35)24-22(11-17)31-23(12-29)25(32-24)33-15-28(16-33)13-27(14-28)8-5-9-27/h3-4,6-7,10-11,18,30H,5,8-9,13-16H2,1-2H3,(H,34,35)/t18-/m1/s1. The highest BCUT2D eigenvalue weighted by atomic mass is 16.4. The number of hydrogen-bond acceptors (Lipinski definition) is 6. The van der Waals surface area contributed by atoms with Crippen LogP contribution in [0, 0.1) is 29.1 Å². The van der Waals surface area contributed by atoms with Gasteiger partial charge in [0.15, 0.2) is 11.5 Å². The summed E-state index contributed by atoms with van der Waals surface area (Å²) in [5, 5.41) is 22.8. The van der Waals surface area contributed by atoms with E-state index in [9.17, 15) is 15.2 Å². The lowest BCUT2D eigenvalue weighted by atomic mass is 9.43. The fourth-order valence-electron chi connectivity index (χ4n) is 6.76. The maximum absolute atomic E-state index is 11.7. The van der Waals surface area contributed by atoms with Crippen LogP contribution >= 0.6 is 0 Å². The van der Waals surface area contributed by atoms with E-state index < -0.39 is 5.97 Å². The molecule has 7 nitrogen and oxygen atoms in total. The van der Waals surface area contributed by atoms with Crippen LogP contribution < -0.4 is 10.2 Å². The Morgan fingerprint density at radius 1 is 1.17 bits per heavy atom. The van der Waals surface area contributed by atoms with Gasteiger partial charge in [0.25, 0.3) is 0 Å². The molecule has 1 aromatic heterocycles. The highest BCUT2D eigenvalue weighted by molar-refractivity contribution is 5.94. The molecule has 3 aliphatic rings. The van der Waals surface area contributed by atoms with Crippen LogP contribution in [0.15, 0.2) is 36.4 Å². The molecule has 2 saturated carbocycles. The fourth-order valence-corrected chi connectivity index (χ4v) is 6.76. The second-order valence-corrected chi connectivity index (χ2v) is 11.0. The summed E-state index contributed by atoms with van der Waals surface area (Å²) in [4.78, 5) is 23.6. The quantitative estimate of drug-likeness (QED) is 0.514. The zero-order valence-electron chi connectivity index (χ0n) is 20.1. The number of aromatic carboxylic acids is 1. The molecule has 7 heteroatoms. The summed E-state index contributed by atoms with van der Waals surface area (Å²) < 4.78 is 0. The van der Waals surface area contributed by atoms with Crippen molar-refractivity contribution in [2.24, 2.45) is 10.8 Å². The van der Waals surface area contributed by atoms with Gasteiger partial charge >= 0.3 is 5.97 Å². The Kier molecular flexibility index (Phi) is 4.79. The molecule has 3 aromatic rings. The molecule has 0 radical (unpaired) electrons. The average molecular weight is 468 g/mol. The molecule has 35 heavy (non-hydrogen) atoms. The molecule has 2 aliphatic carbocycles. The Bertz CT molecular complexity index is 1390. The lowest BCUT2D eigenvalue weighted by Crippen LogP contribution is -2.67. The van der Waals surface area contributed by atoms with Crippen molar-refractivity contribution < 1.29 is 9.90 Å². The number of carboxylic acids is 1. The third-order valence-electron chi connectivity index (χ3n) is 8.29. The summed E-state index contributed by atoms with van der Waals surface area (Å²) >= 11 is 0. The number of carbonyl (C=O) groups is 1. The number of carboxylic acid groups (broad SMARTS) is 1. The van der Waals surface area contributed by atoms with Crippen LogP contribution in [0.2, 0.25) is 0 Å². The van der Waals surface area contributed by atoms with Crippen molar-refractivity contribution in [3.8, 4) is 6.07 Å². The van der Waals surface area contributed by atoms with Crippen molar-refractivity contribution in [1.82, 2.24) is 9.97 Å². The topological polar surface area (TPSA) is 102 Å². The molecule has 6 rings (SSSR count). The first kappa shape index (κ1) is 21.8. The molecule has 0 unspecified atom stereocenters. The number of aryl methyl sites for hydroxylation is 1. The predicted octanol–water partition coefficient (Wildman–Crippen LogP) is 5.45. The van der Waals surface area contributed by atoms with Gasteiger partial charge in [0.2, 0.25) is 0 Å². The van der Waals surface area contributed by atoms with Gasteiger partial charge in [0.05, 0.1) is 22.6 Å². The SMILES string of the molecule is Cc1cc([C@@H](C)Nc2ccccc2C(=O)O)c2nc(N3CC4(C3)CC3(CCC3)C4)c(C#N)nc2c1. The molecule has 0 bridgehead atoms. The lowest BCUT2D eigenvalue weighted by Gasteiger charge is -2.67. The number of nitrogens with one attached hydrogen (secondary N) is 1. The molecule has 2 spiro atoms. The predicted molar refractivity (Wildman–Crippen MR) is 135 cm³/mol. The van der Waals surface area contributed by atoms with E-state index in [4.69, 9.17) is 9.97 Å². The van der Waals surface area contributed by atoms with Crippen LogP contribution in [-0.2, 0) is 0 Å². The third-order valence-corrected chi connectivity index (χ3v) is 8.29. The molecule has 178 valence electrons. The van der Waals surface area contributed by atoms with Gasteiger partial charge in [0, 0.05) is 29.8 Å². The van der Waals surface area contributed by atoms with Gasteiger partial charge in [0.1, 0.15) is 6.07 Å². The first-order valence-corrected chi connectivity index (χ1v) is 12.4. The van der Waals surface area contributed by atoms with Crippen LogP contribution in [-0.4, -0.2) is 34.1 Å². The second-order valence-electron chi connectivity index (χ2n) is 11.0. The van der Waals surface area contributed by atoms with Gasteiger partial charge < -0.3 is 15.3 Å². The van der Waals surface area contributed by atoms with Crippen LogP contribution in [0.5, 0.6) is 0 Å². The first-order valence-electron chi connectivity index (χ1n) is 12.4. The van der Waals surface area contributed by atoms with Gasteiger partial charge in [-0.1, -0.05) is 24.6 Å². The number of rotatable bonds is 5. The van der Waals surface area contributed by atoms with E-state index in [-0.39, 0.29) is 11.6 Å². The third kappa shape index (κ3) is 3.51. The molecule has 2 heterocycles. The zero-order chi connectivity index (χ0) is 24.4. The largest absolute Gasteiger partial charge is 0.478 e. The van der Waals surface area contributed by atoms with Crippen LogP contribution in [0.25, 0.3) is 11.0 Å². The Balaban J connectivity index is 1.33. The maximum Gasteiger partial charge on any atom is 0.337 e. The molecule has 2 aromatic carbocycles. The van der Waals surface area contributed by atoms with Crippen molar-refractivity contribution in [3.63, 3.8) is 0 Å². The van der Waals surface area contributed by atoms with Crippen LogP contribution in [0.4, 0.5) is 11.5 Å². The molecule has 2 N–H and O–H groups in total. The Hall–Kier alpha value is -3.66. The molecular weight excluding hydrogens is 438 g/mol. The van der Waals surface area contributed by atoms with E-state index in [1.165, 1.54) is 32.1 Å². The average Bonchev–Trinajstić information content (AvgIpc) is 2.75. The Morgan fingerprint density at radius 2 is 1.91 bits per heavy atom. The number of anilines is 2. The van der Waals surface area contributed by atoms with Crippen LogP contribution in [0.3, 0.4) is 0 Å². The number of aromatic nitrogens is 2. The molecule has 0 amide bonds. The van der Waals surface area contributed by atoms with E-state index in [0.29, 0.717) is 33.5 Å². The molecule has 1 aliphatic heterocycles. The summed E-state index contributed by atoms with van der Waals surface area (Å²) in [5.74, 6) is -0.301. The summed E-state index contributed by atoms with van der Waals surface area (Å²) in [6.45, 7) is 5.89. The van der Waals surface area contributed by atoms with E-state index in [0.717, 1.165) is 29.7 Å². The van der Waals surface area contributed by atoms with Crippen molar-refractivity contribution >= 4 is 28.5 Å². The molecular formula is C28H29N5O2. The minimum absolute atomic E-state index is 0.208. The summed E-state index contributed by atoms with van der Waals surface area (Å²) in [6, 6.07) is 13.0. The minimum Gasteiger partial charge on any atom is -0.478 e. The molecule has 1 atom stereocenters. The normalized spacial score (nSPS) is 20.0. The number of hydrogen-bond donors (Lipinski definition) is 2. The van der Waals surface area contributed by atoms with Gasteiger partial charge in [-0.15, -0.1) is 0 Å². The highest BCUT2D eigenvalue weighted by Gasteiger charge is 2.61. The van der Waals surface area contributed by atoms with Crippen molar-refractivity contribution in [2.45, 2.75) is 52.0 Å². The monoisotopic (exact) mass is 467 g/mol. The van der Waals surface area contributed by atoms with Gasteiger partial charge in [-0.25, -0.2) is 14.8 Å². The fraction of sp³-hybridized carbons (Fsp3) is 0.429. The Labute approximate surface area is 204 Å². The van der Waals surface area contributed by atoms with Gasteiger partial charge in [-0.3, -0.25) is 0 Å². The second kappa shape index (κ2) is 7.67. The first-order chi connectivity index (χ1) is 16.8. The van der Waals surface area contributed by atoms with Crippen molar-refractivity contribution in [3.05, 3.63) is 58.8 Å². The van der Waals surface area contributed by atoms with E-state index in [2.05, 4.69) is 22.4 Å². The van der Waals surface area contributed by atoms with Crippen molar-refractivity contribution in [1.29, 1.82) is 5.26 Å². The highest BCUT2D eigenvalue weighted by Crippen LogP contribution is 2.67. The number of benzene rings is 2. The van der Waals surface area contributed by atoms with Gasteiger partial charge in [-0.2, -0.15) is 5.26 Å². The smallest absolute Gasteiger partial charge is 0.337 e. The van der Waals surface area contributed by atoms with Crippen molar-refractivity contribution in [2.75, 3.05) is 23.3 Å². The summed E-state index contributed by atoms with van der Waals surface area (Å²) in [7, 11) is 0. The zero-order valence-corrected chi connectivity index (χ0v) is 20.1. The van der Waals surface area contributed by atoms with Crippen LogP contribution in [0.1, 0.15) is 72.2 Å². The summed E-state index contributed by atoms with van der Waals surface area (Å²) in [5.41, 5.74) is 5.57. The number of nitriles is 1. The summed E-state index contributed by atoms with van der Waals surface area (Å²) in [6.07, 6.45) is 6.76. The van der Waals surface area contributed by atoms with Gasteiger partial charge in [-0.05, 0) is 68.7 Å². The number of fused-ring (bicyclic) bond motifs is 1. The van der Waals surface area contributed by atoms with E-state index >= 15 is 0 Å². The minimum atomic E-state index is -0.971. The lowest BCUT2D eigenvalue weighted by molar-refractivity contribution is -0.111. The van der Waals surface area contributed by atoms with E-state index in [1.807, 2.05) is 26.0 Å². The number of para-hydroxylation sites is 1. The maximum atomic E-state index is 11.7. The molecule has 1 saturated heterocycles. The molecule has 3 fully saturated rings.